The van der Waals surface area contributed by atoms with Gasteiger partial charge in [-0.05, 0) is 50.7 Å². The smallest absolute Gasteiger partial charge is 0.378 e. The van der Waals surface area contributed by atoms with Gasteiger partial charge >= 0.3 is 12.2 Å². The number of ether oxygens (including phenoxy) is 1. The molecule has 1 saturated heterocycles. The van der Waals surface area contributed by atoms with Crippen LogP contribution in [-0.2, 0) is 10.9 Å². The van der Waals surface area contributed by atoms with Crippen LogP contribution < -0.4 is 16.0 Å². The van der Waals surface area contributed by atoms with Crippen molar-refractivity contribution in [3.05, 3.63) is 65.2 Å². The summed E-state index contributed by atoms with van der Waals surface area (Å²) in [5.41, 5.74) is 1.56. The third-order valence-corrected chi connectivity index (χ3v) is 6.47. The molecule has 9 heteroatoms. The van der Waals surface area contributed by atoms with E-state index in [2.05, 4.69) is 16.0 Å². The summed E-state index contributed by atoms with van der Waals surface area (Å²) in [6, 6.07) is 13.4. The number of alkyl halides is 3. The Kier molecular flexibility index (Phi) is 7.33. The Bertz CT molecular complexity index is 984. The van der Waals surface area contributed by atoms with Crippen molar-refractivity contribution in [1.82, 2.24) is 15.5 Å². The van der Waals surface area contributed by atoms with Crippen molar-refractivity contribution in [3.63, 3.8) is 0 Å². The van der Waals surface area contributed by atoms with Crippen LogP contribution in [0.3, 0.4) is 0 Å². The number of rotatable bonds is 6. The molecule has 4 atom stereocenters. The van der Waals surface area contributed by atoms with Gasteiger partial charge in [0.1, 0.15) is 0 Å². The largest absolute Gasteiger partial charge is 0.416 e. The maximum absolute atomic E-state index is 13.4. The van der Waals surface area contributed by atoms with Crippen LogP contribution in [0.25, 0.3) is 0 Å². The van der Waals surface area contributed by atoms with Crippen LogP contribution in [0.2, 0.25) is 0 Å². The number of carbonyl (C=O) groups excluding carboxylic acids is 1. The Morgan fingerprint density at radius 2 is 1.88 bits per heavy atom. The lowest BCUT2D eigenvalue weighted by molar-refractivity contribution is -0.138. The molecule has 4 unspecified atom stereocenters. The molecule has 34 heavy (non-hydrogen) atoms. The Labute approximate surface area is 197 Å². The fourth-order valence-electron chi connectivity index (χ4n) is 4.74. The second kappa shape index (κ2) is 10.2. The lowest BCUT2D eigenvalue weighted by atomic mass is 9.76. The molecule has 0 aliphatic carbocycles. The summed E-state index contributed by atoms with van der Waals surface area (Å²) in [7, 11) is 3.85. The zero-order valence-electron chi connectivity index (χ0n) is 19.4. The maximum atomic E-state index is 13.4. The molecular formula is C25H31F3N4O2. The first-order valence-electron chi connectivity index (χ1n) is 11.6. The van der Waals surface area contributed by atoms with Crippen LogP contribution in [0.4, 0.5) is 23.7 Å². The van der Waals surface area contributed by atoms with Gasteiger partial charge in [0.05, 0.1) is 23.8 Å². The van der Waals surface area contributed by atoms with Crippen molar-refractivity contribution in [3.8, 4) is 0 Å². The van der Waals surface area contributed by atoms with Gasteiger partial charge in [-0.2, -0.15) is 13.2 Å². The number of likely N-dealkylation sites (N-methyl/N-ethyl adjacent to an activating group) is 1. The molecule has 4 rings (SSSR count). The predicted molar refractivity (Wildman–Crippen MR) is 125 cm³/mol. The molecule has 0 saturated carbocycles. The zero-order valence-corrected chi connectivity index (χ0v) is 19.4. The van der Waals surface area contributed by atoms with Crippen LogP contribution in [0.5, 0.6) is 0 Å². The summed E-state index contributed by atoms with van der Waals surface area (Å²) in [4.78, 5) is 14.1. The number of urea groups is 1. The highest BCUT2D eigenvalue weighted by Crippen LogP contribution is 2.51. The summed E-state index contributed by atoms with van der Waals surface area (Å²) in [5.74, 6) is -0.0245. The van der Waals surface area contributed by atoms with Crippen molar-refractivity contribution >= 4 is 11.7 Å². The van der Waals surface area contributed by atoms with Crippen molar-refractivity contribution in [2.24, 2.45) is 5.92 Å². The van der Waals surface area contributed by atoms with E-state index in [0.29, 0.717) is 30.8 Å². The monoisotopic (exact) mass is 476 g/mol. The van der Waals surface area contributed by atoms with Crippen molar-refractivity contribution in [2.45, 2.75) is 37.3 Å². The second-order valence-corrected chi connectivity index (χ2v) is 9.19. The molecule has 3 N–H and O–H groups in total. The molecule has 2 aliphatic heterocycles. The highest BCUT2D eigenvalue weighted by molar-refractivity contribution is 5.73. The minimum absolute atomic E-state index is 0.0245. The molecule has 2 aromatic rings. The van der Waals surface area contributed by atoms with E-state index in [-0.39, 0.29) is 24.1 Å². The van der Waals surface area contributed by atoms with Gasteiger partial charge in [0.25, 0.3) is 0 Å². The predicted octanol–water partition coefficient (Wildman–Crippen LogP) is 4.57. The van der Waals surface area contributed by atoms with E-state index in [1.54, 1.807) is 0 Å². The zero-order chi connectivity index (χ0) is 24.3. The molecular weight excluding hydrogens is 445 g/mol. The number of amides is 2. The topological polar surface area (TPSA) is 65.6 Å². The molecule has 0 spiro atoms. The fraction of sp³-hybridized carbons (Fsp3) is 0.480. The van der Waals surface area contributed by atoms with E-state index in [4.69, 9.17) is 4.74 Å². The van der Waals surface area contributed by atoms with E-state index in [1.165, 1.54) is 12.1 Å². The fourth-order valence-corrected chi connectivity index (χ4v) is 4.74. The van der Waals surface area contributed by atoms with Gasteiger partial charge in [0.15, 0.2) is 0 Å². The Balaban J connectivity index is 1.52. The molecule has 2 amide bonds. The summed E-state index contributed by atoms with van der Waals surface area (Å²) in [6.45, 7) is 1.55. The number of hydrogen-bond donors (Lipinski definition) is 3. The lowest BCUT2D eigenvalue weighted by Gasteiger charge is -2.46. The van der Waals surface area contributed by atoms with Gasteiger partial charge in [-0.1, -0.05) is 30.3 Å². The first kappa shape index (κ1) is 24.3. The van der Waals surface area contributed by atoms with Gasteiger partial charge in [-0.15, -0.1) is 0 Å². The molecule has 0 radical (unpaired) electrons. The SMILES string of the molecule is CN(C)CCNC(=O)NCC1CCC2C(c3ccccc3)Nc3ccc(C(F)(F)F)cc3C2O1. The number of carbonyl (C=O) groups is 1. The average Bonchev–Trinajstić information content (AvgIpc) is 2.81. The molecule has 0 bridgehead atoms. The van der Waals surface area contributed by atoms with E-state index in [9.17, 15) is 18.0 Å². The highest BCUT2D eigenvalue weighted by atomic mass is 19.4. The molecule has 2 heterocycles. The van der Waals surface area contributed by atoms with Crippen molar-refractivity contribution in [2.75, 3.05) is 39.0 Å². The molecule has 6 nitrogen and oxygen atoms in total. The third-order valence-electron chi connectivity index (χ3n) is 6.47. The minimum atomic E-state index is -4.43. The van der Waals surface area contributed by atoms with Crippen LogP contribution in [-0.4, -0.2) is 50.8 Å². The van der Waals surface area contributed by atoms with Crippen molar-refractivity contribution in [1.29, 1.82) is 0 Å². The number of anilines is 1. The molecule has 1 fully saturated rings. The number of nitrogens with zero attached hydrogens (tertiary/aromatic N) is 1. The third kappa shape index (κ3) is 5.64. The molecule has 2 aromatic carbocycles. The Morgan fingerprint density at radius 1 is 1.12 bits per heavy atom. The van der Waals surface area contributed by atoms with Gasteiger partial charge in [0, 0.05) is 36.8 Å². The number of nitrogens with one attached hydrogen (secondary N) is 3. The van der Waals surface area contributed by atoms with Gasteiger partial charge in [-0.25, -0.2) is 4.79 Å². The number of fused-ring (bicyclic) bond motifs is 3. The summed E-state index contributed by atoms with van der Waals surface area (Å²) >= 11 is 0. The van der Waals surface area contributed by atoms with Gasteiger partial charge in [0.2, 0.25) is 0 Å². The van der Waals surface area contributed by atoms with E-state index in [1.807, 2.05) is 49.3 Å². The maximum Gasteiger partial charge on any atom is 0.416 e. The second-order valence-electron chi connectivity index (χ2n) is 9.19. The van der Waals surface area contributed by atoms with Crippen molar-refractivity contribution < 1.29 is 22.7 Å². The molecule has 2 aliphatic rings. The quantitative estimate of drug-likeness (QED) is 0.572. The molecule has 184 valence electrons. The number of hydrogen-bond acceptors (Lipinski definition) is 4. The lowest BCUT2D eigenvalue weighted by Crippen LogP contribution is -2.46. The minimum Gasteiger partial charge on any atom is -0.378 e. The standard InChI is InChI=1S/C25H31F3N4O2/c1-32(2)13-12-29-24(33)30-15-18-9-10-19-22(16-6-4-3-5-7-16)31-21-11-8-17(25(26,27)28)14-20(21)23(19)34-18/h3-8,11,14,18-19,22-23,31H,9-10,12-13,15H2,1-2H3,(H2,29,30,33). The summed E-state index contributed by atoms with van der Waals surface area (Å²) in [5, 5.41) is 9.09. The first-order valence-corrected chi connectivity index (χ1v) is 11.6. The van der Waals surface area contributed by atoms with Gasteiger partial charge < -0.3 is 25.6 Å². The summed E-state index contributed by atoms with van der Waals surface area (Å²) in [6.07, 6.45) is -3.74. The van der Waals surface area contributed by atoms with E-state index >= 15 is 0 Å². The highest BCUT2D eigenvalue weighted by Gasteiger charge is 2.43. The van der Waals surface area contributed by atoms with Crippen LogP contribution in [0, 0.1) is 5.92 Å². The number of halogens is 3. The van der Waals surface area contributed by atoms with E-state index in [0.717, 1.165) is 24.6 Å². The summed E-state index contributed by atoms with van der Waals surface area (Å²) < 4.78 is 46.7. The Hall–Kier alpha value is -2.78. The van der Waals surface area contributed by atoms with Crippen LogP contribution in [0.1, 0.15) is 41.7 Å². The normalized spacial score (nSPS) is 24.1. The molecule has 0 aromatic heterocycles. The average molecular weight is 477 g/mol. The van der Waals surface area contributed by atoms with Crippen LogP contribution in [0.15, 0.2) is 48.5 Å². The van der Waals surface area contributed by atoms with Crippen LogP contribution >= 0.6 is 0 Å². The Morgan fingerprint density at radius 3 is 2.59 bits per heavy atom. The van der Waals surface area contributed by atoms with E-state index < -0.39 is 17.8 Å². The first-order chi connectivity index (χ1) is 16.2. The van der Waals surface area contributed by atoms with Gasteiger partial charge in [-0.3, -0.25) is 0 Å². The number of benzene rings is 2.